The maximum atomic E-state index is 12.9. The van der Waals surface area contributed by atoms with Crippen LogP contribution in [-0.2, 0) is 4.79 Å². The fourth-order valence-corrected chi connectivity index (χ4v) is 3.85. The molecule has 0 saturated carbocycles. The summed E-state index contributed by atoms with van der Waals surface area (Å²) in [6.45, 7) is 1.95. The van der Waals surface area contributed by atoms with Crippen molar-refractivity contribution in [3.63, 3.8) is 0 Å². The van der Waals surface area contributed by atoms with Crippen molar-refractivity contribution < 1.29 is 23.5 Å². The summed E-state index contributed by atoms with van der Waals surface area (Å²) >= 11 is 1.43. The molecule has 2 N–H and O–H groups in total. The topological polar surface area (TPSA) is 89.8 Å². The Bertz CT molecular complexity index is 1010. The van der Waals surface area contributed by atoms with Gasteiger partial charge in [-0.1, -0.05) is 13.0 Å². The predicted molar refractivity (Wildman–Crippen MR) is 121 cm³/mol. The minimum Gasteiger partial charge on any atom is -0.497 e. The van der Waals surface area contributed by atoms with Crippen LogP contribution in [-0.4, -0.2) is 31.3 Å². The Hall–Kier alpha value is -3.39. The first-order valence-electron chi connectivity index (χ1n) is 9.68. The molecule has 31 heavy (non-hydrogen) atoms. The normalized spacial score (nSPS) is 11.5. The summed E-state index contributed by atoms with van der Waals surface area (Å²) < 4.78 is 15.6. The number of benzene rings is 2. The van der Waals surface area contributed by atoms with E-state index in [-0.39, 0.29) is 22.8 Å². The number of thioether (sulfide) groups is 1. The third-order valence-corrected chi connectivity index (χ3v) is 5.76. The van der Waals surface area contributed by atoms with Crippen molar-refractivity contribution in [1.82, 2.24) is 0 Å². The summed E-state index contributed by atoms with van der Waals surface area (Å²) in [6, 6.07) is 15.8. The first-order chi connectivity index (χ1) is 15.0. The third kappa shape index (κ3) is 6.05. The van der Waals surface area contributed by atoms with Crippen molar-refractivity contribution in [3.05, 3.63) is 66.6 Å². The van der Waals surface area contributed by atoms with Gasteiger partial charge in [-0.2, -0.15) is 0 Å². The molecule has 3 rings (SSSR count). The maximum Gasteiger partial charge on any atom is 0.291 e. The first kappa shape index (κ1) is 22.3. The van der Waals surface area contributed by atoms with E-state index in [9.17, 15) is 9.59 Å². The lowest BCUT2D eigenvalue weighted by Crippen LogP contribution is -2.24. The minimum atomic E-state index is -0.330. The van der Waals surface area contributed by atoms with Crippen molar-refractivity contribution in [2.45, 2.75) is 23.5 Å². The van der Waals surface area contributed by atoms with Crippen molar-refractivity contribution in [1.29, 1.82) is 0 Å². The molecule has 1 atom stereocenters. The van der Waals surface area contributed by atoms with E-state index in [2.05, 4.69) is 10.6 Å². The Labute approximate surface area is 185 Å². The Morgan fingerprint density at radius 2 is 1.71 bits per heavy atom. The summed E-state index contributed by atoms with van der Waals surface area (Å²) in [5.74, 6) is 0.958. The van der Waals surface area contributed by atoms with Gasteiger partial charge in [0.2, 0.25) is 5.91 Å². The quantitative estimate of drug-likeness (QED) is 0.452. The van der Waals surface area contributed by atoms with Gasteiger partial charge in [-0.05, 0) is 36.8 Å². The van der Waals surface area contributed by atoms with Gasteiger partial charge < -0.3 is 24.5 Å². The first-order valence-corrected chi connectivity index (χ1v) is 10.6. The number of methoxy groups -OCH3 is 2. The zero-order valence-electron chi connectivity index (χ0n) is 17.5. The van der Waals surface area contributed by atoms with Gasteiger partial charge in [-0.3, -0.25) is 9.59 Å². The van der Waals surface area contributed by atoms with Crippen molar-refractivity contribution in [2.75, 3.05) is 24.9 Å². The number of carbonyl (C=O) groups excluding carboxylic acids is 2. The lowest BCUT2D eigenvalue weighted by atomic mass is 10.2. The zero-order chi connectivity index (χ0) is 22.2. The molecule has 0 radical (unpaired) electrons. The largest absolute Gasteiger partial charge is 0.497 e. The van der Waals surface area contributed by atoms with Crippen LogP contribution in [0.1, 0.15) is 23.9 Å². The Morgan fingerprint density at radius 3 is 2.32 bits per heavy atom. The smallest absolute Gasteiger partial charge is 0.291 e. The second kappa shape index (κ2) is 10.6. The average Bonchev–Trinajstić information content (AvgIpc) is 3.32. The molecule has 0 bridgehead atoms. The number of amides is 2. The van der Waals surface area contributed by atoms with Crippen LogP contribution in [0.2, 0.25) is 0 Å². The molecule has 3 aromatic rings. The van der Waals surface area contributed by atoms with Gasteiger partial charge in [-0.25, -0.2) is 0 Å². The summed E-state index contributed by atoms with van der Waals surface area (Å²) in [4.78, 5) is 25.9. The monoisotopic (exact) mass is 440 g/mol. The van der Waals surface area contributed by atoms with Crippen LogP contribution in [0.4, 0.5) is 11.4 Å². The molecular weight excluding hydrogens is 416 g/mol. The molecule has 2 aromatic carbocycles. The number of ether oxygens (including phenoxy) is 2. The molecule has 0 spiro atoms. The van der Waals surface area contributed by atoms with Crippen LogP contribution in [0.5, 0.6) is 11.5 Å². The van der Waals surface area contributed by atoms with Gasteiger partial charge in [-0.15, -0.1) is 11.8 Å². The van der Waals surface area contributed by atoms with E-state index < -0.39 is 0 Å². The molecule has 0 aliphatic carbocycles. The van der Waals surface area contributed by atoms with Crippen molar-refractivity contribution in [2.24, 2.45) is 0 Å². The lowest BCUT2D eigenvalue weighted by Gasteiger charge is -2.16. The summed E-state index contributed by atoms with van der Waals surface area (Å²) in [6.07, 6.45) is 2.07. The Morgan fingerprint density at radius 1 is 0.968 bits per heavy atom. The van der Waals surface area contributed by atoms with Crippen LogP contribution in [0.3, 0.4) is 0 Å². The number of nitrogens with one attached hydrogen (secondary N) is 2. The van der Waals surface area contributed by atoms with E-state index in [1.807, 2.05) is 25.1 Å². The molecule has 2 amide bonds. The molecule has 1 aromatic heterocycles. The van der Waals surface area contributed by atoms with Gasteiger partial charge in [0.15, 0.2) is 5.76 Å². The second-order valence-corrected chi connectivity index (χ2v) is 7.84. The minimum absolute atomic E-state index is 0.132. The Kier molecular flexibility index (Phi) is 7.61. The summed E-state index contributed by atoms with van der Waals surface area (Å²) in [5.41, 5.74) is 1.22. The Balaban J connectivity index is 1.68. The van der Waals surface area contributed by atoms with E-state index >= 15 is 0 Å². The molecular formula is C23H24N2O5S. The number of furan rings is 1. The SMILES string of the molecule is CCC(Sc1cccc(NC(=O)c2ccco2)c1)C(=O)Nc1cc(OC)cc(OC)c1. The van der Waals surface area contributed by atoms with E-state index in [0.717, 1.165) is 4.90 Å². The average molecular weight is 441 g/mol. The van der Waals surface area contributed by atoms with Crippen LogP contribution in [0, 0.1) is 0 Å². The fraction of sp³-hybridized carbons (Fsp3) is 0.217. The zero-order valence-corrected chi connectivity index (χ0v) is 18.3. The number of anilines is 2. The van der Waals surface area contributed by atoms with E-state index in [4.69, 9.17) is 13.9 Å². The molecule has 8 heteroatoms. The van der Waals surface area contributed by atoms with Crippen LogP contribution in [0.15, 0.2) is 70.2 Å². The van der Waals surface area contributed by atoms with E-state index in [0.29, 0.717) is 29.3 Å². The molecule has 162 valence electrons. The highest BCUT2D eigenvalue weighted by atomic mass is 32.2. The second-order valence-electron chi connectivity index (χ2n) is 6.56. The van der Waals surface area contributed by atoms with Gasteiger partial charge in [0, 0.05) is 34.5 Å². The fourth-order valence-electron chi connectivity index (χ4n) is 2.84. The van der Waals surface area contributed by atoms with Crippen LogP contribution < -0.4 is 20.1 Å². The lowest BCUT2D eigenvalue weighted by molar-refractivity contribution is -0.115. The number of carbonyl (C=O) groups is 2. The van der Waals surface area contributed by atoms with E-state index in [1.54, 1.807) is 50.6 Å². The number of hydrogen-bond acceptors (Lipinski definition) is 6. The van der Waals surface area contributed by atoms with Gasteiger partial charge in [0.1, 0.15) is 11.5 Å². The van der Waals surface area contributed by atoms with Gasteiger partial charge >= 0.3 is 0 Å². The highest BCUT2D eigenvalue weighted by molar-refractivity contribution is 8.00. The van der Waals surface area contributed by atoms with Gasteiger partial charge in [0.05, 0.1) is 25.7 Å². The van der Waals surface area contributed by atoms with Crippen LogP contribution >= 0.6 is 11.8 Å². The van der Waals surface area contributed by atoms with Crippen LogP contribution in [0.25, 0.3) is 0 Å². The number of rotatable bonds is 9. The summed E-state index contributed by atoms with van der Waals surface area (Å²) in [7, 11) is 3.12. The molecule has 7 nitrogen and oxygen atoms in total. The van der Waals surface area contributed by atoms with Crippen molar-refractivity contribution in [3.8, 4) is 11.5 Å². The molecule has 0 fully saturated rings. The standard InChI is InChI=1S/C23H24N2O5S/c1-4-21(23(27)25-16-11-17(28-2)14-18(12-16)29-3)31-19-8-5-7-15(13-19)24-22(26)20-9-6-10-30-20/h5-14,21H,4H2,1-3H3,(H,24,26)(H,25,27). The maximum absolute atomic E-state index is 12.9. The highest BCUT2D eigenvalue weighted by Gasteiger charge is 2.19. The molecule has 1 unspecified atom stereocenters. The van der Waals surface area contributed by atoms with Gasteiger partial charge in [0.25, 0.3) is 5.91 Å². The molecule has 0 aliphatic heterocycles. The number of hydrogen-bond donors (Lipinski definition) is 2. The van der Waals surface area contributed by atoms with Crippen molar-refractivity contribution >= 4 is 35.0 Å². The highest BCUT2D eigenvalue weighted by Crippen LogP contribution is 2.30. The third-order valence-electron chi connectivity index (χ3n) is 4.40. The molecule has 0 aliphatic rings. The van der Waals surface area contributed by atoms with E-state index in [1.165, 1.54) is 18.0 Å². The molecule has 0 saturated heterocycles. The summed E-state index contributed by atoms with van der Waals surface area (Å²) in [5, 5.41) is 5.40. The molecule has 1 heterocycles. The predicted octanol–water partition coefficient (Wildman–Crippen LogP) is 5.06.